The molecule has 0 amide bonds. The van der Waals surface area contributed by atoms with Crippen molar-refractivity contribution in [3.8, 4) is 0 Å². The van der Waals surface area contributed by atoms with E-state index in [1.54, 1.807) is 13.8 Å². The number of hydrogen-bond acceptors (Lipinski definition) is 7. The monoisotopic (exact) mass is 361 g/mol. The van der Waals surface area contributed by atoms with Crippen LogP contribution >= 0.6 is 34.8 Å². The van der Waals surface area contributed by atoms with Gasteiger partial charge in [0.25, 0.3) is 3.79 Å². The number of fused-ring (bicyclic) bond motifs is 1. The van der Waals surface area contributed by atoms with Crippen molar-refractivity contribution in [2.75, 3.05) is 7.11 Å². The van der Waals surface area contributed by atoms with Gasteiger partial charge in [-0.05, 0) is 13.8 Å². The molecule has 120 valence electrons. The number of methoxy groups -OCH3 is 1. The molecule has 0 saturated carbocycles. The zero-order valence-electron chi connectivity index (χ0n) is 11.4. The summed E-state index contributed by atoms with van der Waals surface area (Å²) in [4.78, 5) is 11.4. The molecule has 1 N–H and O–H groups in total. The van der Waals surface area contributed by atoms with Gasteiger partial charge in [0.15, 0.2) is 6.10 Å². The lowest BCUT2D eigenvalue weighted by Crippen LogP contribution is -2.62. The normalized spacial score (nSPS) is 34.7. The number of nitrogens with one attached hydrogen (secondary N) is 1. The van der Waals surface area contributed by atoms with Crippen LogP contribution in [-0.4, -0.2) is 53.2 Å². The van der Waals surface area contributed by atoms with Gasteiger partial charge < -0.3 is 23.7 Å². The Bertz CT molecular complexity index is 452. The van der Waals surface area contributed by atoms with Gasteiger partial charge in [0.1, 0.15) is 6.10 Å². The van der Waals surface area contributed by atoms with Gasteiger partial charge in [0.05, 0.1) is 5.60 Å². The SMILES string of the molecule is CO[C@@H]1[C@H]2OC(=O)OC2[C@H](OC(=N)C(Cl)(Cl)Cl)OC1(C)C. The first kappa shape index (κ1) is 16.9. The van der Waals surface area contributed by atoms with E-state index in [1.165, 1.54) is 7.11 Å². The molecule has 2 fully saturated rings. The molecule has 2 heterocycles. The first-order chi connectivity index (χ1) is 9.56. The highest BCUT2D eigenvalue weighted by Gasteiger charge is 2.59. The van der Waals surface area contributed by atoms with Crippen LogP contribution in [0.1, 0.15) is 13.8 Å². The average molecular weight is 363 g/mol. The maximum Gasteiger partial charge on any atom is 0.509 e. The van der Waals surface area contributed by atoms with Crippen LogP contribution in [0.3, 0.4) is 0 Å². The maximum atomic E-state index is 11.4. The van der Waals surface area contributed by atoms with Crippen LogP contribution in [0.5, 0.6) is 0 Å². The minimum Gasteiger partial charge on any atom is -0.444 e. The predicted molar refractivity (Wildman–Crippen MR) is 74.0 cm³/mol. The third kappa shape index (κ3) is 3.32. The summed E-state index contributed by atoms with van der Waals surface area (Å²) in [6, 6.07) is 0. The molecule has 2 rings (SSSR count). The molecule has 0 bridgehead atoms. The third-order valence-electron chi connectivity index (χ3n) is 3.21. The van der Waals surface area contributed by atoms with Gasteiger partial charge in [-0.3, -0.25) is 5.41 Å². The number of halogens is 3. The zero-order chi connectivity index (χ0) is 16.0. The van der Waals surface area contributed by atoms with E-state index in [0.29, 0.717) is 0 Å². The maximum absolute atomic E-state index is 11.4. The van der Waals surface area contributed by atoms with Crippen LogP contribution in [0, 0.1) is 5.41 Å². The summed E-state index contributed by atoms with van der Waals surface area (Å²) in [6.45, 7) is 3.44. The predicted octanol–water partition coefficient (Wildman–Crippen LogP) is 2.40. The van der Waals surface area contributed by atoms with Gasteiger partial charge in [-0.2, -0.15) is 0 Å². The fourth-order valence-electron chi connectivity index (χ4n) is 2.35. The van der Waals surface area contributed by atoms with Crippen LogP contribution in [0.2, 0.25) is 0 Å². The number of hydrogen-bond donors (Lipinski definition) is 1. The largest absolute Gasteiger partial charge is 0.509 e. The highest BCUT2D eigenvalue weighted by atomic mass is 35.6. The number of alkyl halides is 3. The Morgan fingerprint density at radius 3 is 2.38 bits per heavy atom. The minimum absolute atomic E-state index is 0.573. The Labute approximate surface area is 136 Å². The molecule has 0 aliphatic carbocycles. The van der Waals surface area contributed by atoms with E-state index >= 15 is 0 Å². The Morgan fingerprint density at radius 1 is 1.29 bits per heavy atom. The van der Waals surface area contributed by atoms with Crippen molar-refractivity contribution < 1.29 is 28.5 Å². The van der Waals surface area contributed by atoms with Crippen LogP contribution in [0.4, 0.5) is 4.79 Å². The van der Waals surface area contributed by atoms with Crippen molar-refractivity contribution in [3.05, 3.63) is 0 Å². The van der Waals surface area contributed by atoms with E-state index in [0.717, 1.165) is 0 Å². The van der Waals surface area contributed by atoms with Crippen molar-refractivity contribution in [1.82, 2.24) is 0 Å². The van der Waals surface area contributed by atoms with Crippen molar-refractivity contribution in [2.45, 2.75) is 47.8 Å². The van der Waals surface area contributed by atoms with Gasteiger partial charge in [-0.1, -0.05) is 34.8 Å². The molecule has 7 nitrogen and oxygen atoms in total. The number of rotatable bonds is 2. The third-order valence-corrected chi connectivity index (χ3v) is 3.72. The second-order valence-electron chi connectivity index (χ2n) is 5.11. The van der Waals surface area contributed by atoms with Crippen molar-refractivity contribution in [1.29, 1.82) is 5.41 Å². The molecule has 1 unspecified atom stereocenters. The second-order valence-corrected chi connectivity index (χ2v) is 7.39. The van der Waals surface area contributed by atoms with E-state index < -0.39 is 46.0 Å². The van der Waals surface area contributed by atoms with E-state index in [-0.39, 0.29) is 0 Å². The highest BCUT2D eigenvalue weighted by molar-refractivity contribution is 6.76. The molecule has 4 atom stereocenters. The summed E-state index contributed by atoms with van der Waals surface area (Å²) in [5.74, 6) is -0.647. The summed E-state index contributed by atoms with van der Waals surface area (Å²) >= 11 is 16.7. The summed E-state index contributed by atoms with van der Waals surface area (Å²) in [6.07, 6.45) is -4.27. The first-order valence-electron chi connectivity index (χ1n) is 5.96. The van der Waals surface area contributed by atoms with E-state index in [1.807, 2.05) is 0 Å². The average Bonchev–Trinajstić information content (AvgIpc) is 2.68. The highest BCUT2D eigenvalue weighted by Crippen LogP contribution is 2.39. The summed E-state index contributed by atoms with van der Waals surface area (Å²) in [5.41, 5.74) is -0.873. The van der Waals surface area contributed by atoms with Gasteiger partial charge in [0, 0.05) is 7.11 Å². The molecule has 2 aliphatic rings. The molecule has 0 aromatic rings. The molecule has 2 saturated heterocycles. The molecule has 0 radical (unpaired) electrons. The van der Waals surface area contributed by atoms with Crippen molar-refractivity contribution in [3.63, 3.8) is 0 Å². The van der Waals surface area contributed by atoms with Crippen LogP contribution in [0.15, 0.2) is 0 Å². The quantitative estimate of drug-likeness (QED) is 0.351. The smallest absolute Gasteiger partial charge is 0.444 e. The molecule has 0 aromatic carbocycles. The minimum atomic E-state index is -2.05. The number of carbonyl (C=O) groups excluding carboxylic acids is 1. The molecule has 0 aromatic heterocycles. The van der Waals surface area contributed by atoms with Crippen LogP contribution in [0.25, 0.3) is 0 Å². The topological polar surface area (TPSA) is 87.1 Å². The lowest BCUT2D eigenvalue weighted by atomic mass is 9.89. The van der Waals surface area contributed by atoms with Gasteiger partial charge in [-0.15, -0.1) is 0 Å². The Balaban J connectivity index is 2.22. The lowest BCUT2D eigenvalue weighted by molar-refractivity contribution is -0.287. The van der Waals surface area contributed by atoms with Crippen LogP contribution in [-0.2, 0) is 23.7 Å². The standard InChI is InChI=1S/C11H14Cl3NO6/c1-10(2)6(17-3)4-5(19-9(16)18-4)7(21-10)20-8(15)11(12,13)14/h4-7,15H,1-3H3/t4-,5?,6+,7+/m0/s1. The molecular weight excluding hydrogens is 348 g/mol. The zero-order valence-corrected chi connectivity index (χ0v) is 13.7. The Morgan fingerprint density at radius 2 is 1.86 bits per heavy atom. The molecule has 2 aliphatic heterocycles. The number of carbonyl (C=O) groups is 1. The fourth-order valence-corrected chi connectivity index (χ4v) is 2.48. The van der Waals surface area contributed by atoms with E-state index in [4.69, 9.17) is 63.9 Å². The Kier molecular flexibility index (Phi) is 4.52. The first-order valence-corrected chi connectivity index (χ1v) is 7.10. The lowest BCUT2D eigenvalue weighted by Gasteiger charge is -2.45. The van der Waals surface area contributed by atoms with Gasteiger partial charge >= 0.3 is 6.16 Å². The molecule has 21 heavy (non-hydrogen) atoms. The fraction of sp³-hybridized carbons (Fsp3) is 0.818. The summed E-state index contributed by atoms with van der Waals surface area (Å²) in [5, 5.41) is 7.59. The van der Waals surface area contributed by atoms with Crippen molar-refractivity contribution >= 4 is 46.9 Å². The Hall–Kier alpha value is -0.470. The van der Waals surface area contributed by atoms with Gasteiger partial charge in [0.2, 0.25) is 18.3 Å². The molecular formula is C11H14Cl3NO6. The molecule has 10 heteroatoms. The summed E-state index contributed by atoms with van der Waals surface area (Å²) in [7, 11) is 1.46. The van der Waals surface area contributed by atoms with Gasteiger partial charge in [-0.25, -0.2) is 4.79 Å². The van der Waals surface area contributed by atoms with Crippen molar-refractivity contribution in [2.24, 2.45) is 0 Å². The summed E-state index contributed by atoms with van der Waals surface area (Å²) < 4.78 is 24.2. The van der Waals surface area contributed by atoms with Crippen LogP contribution < -0.4 is 0 Å². The van der Waals surface area contributed by atoms with E-state index in [9.17, 15) is 4.79 Å². The molecule has 0 spiro atoms. The number of ether oxygens (including phenoxy) is 5. The van der Waals surface area contributed by atoms with E-state index in [2.05, 4.69) is 0 Å². The second kappa shape index (κ2) is 5.62.